The second kappa shape index (κ2) is 7.95. The standard InChI is InChI=1S/C24H19Cl2N5O2/c1-24(2,13-33)31-11-15(10-28-31)14-8-16-19(27-9-14)6-7-30-20(12-32)22(29-23(16)30)21-17(25)4-3-5-18(21)26/h3-12,33H,13H2,1-2H3. The smallest absolute Gasteiger partial charge is 0.169 e. The van der Waals surface area contributed by atoms with Crippen LogP contribution < -0.4 is 0 Å². The van der Waals surface area contributed by atoms with Gasteiger partial charge in [-0.15, -0.1) is 0 Å². The van der Waals surface area contributed by atoms with E-state index in [4.69, 9.17) is 28.2 Å². The monoisotopic (exact) mass is 479 g/mol. The molecule has 1 N–H and O–H groups in total. The molecular formula is C24H19Cl2N5O2. The molecule has 0 aliphatic heterocycles. The highest BCUT2D eigenvalue weighted by Gasteiger charge is 2.22. The maximum Gasteiger partial charge on any atom is 0.169 e. The molecule has 0 spiro atoms. The van der Waals surface area contributed by atoms with Gasteiger partial charge < -0.3 is 5.11 Å². The number of carbonyl (C=O) groups excluding carboxylic acids is 1. The summed E-state index contributed by atoms with van der Waals surface area (Å²) < 4.78 is 3.44. The molecule has 0 bridgehead atoms. The van der Waals surface area contributed by atoms with Crippen molar-refractivity contribution in [3.8, 4) is 22.4 Å². The highest BCUT2D eigenvalue weighted by atomic mass is 35.5. The molecule has 0 aliphatic carbocycles. The van der Waals surface area contributed by atoms with Crippen LogP contribution in [0, 0.1) is 0 Å². The number of hydrogen-bond acceptors (Lipinski definition) is 5. The number of benzene rings is 1. The number of fused-ring (bicyclic) bond motifs is 3. The van der Waals surface area contributed by atoms with Crippen molar-refractivity contribution in [2.75, 3.05) is 6.61 Å². The van der Waals surface area contributed by atoms with Crippen molar-refractivity contribution in [2.24, 2.45) is 0 Å². The second-order valence-electron chi connectivity index (χ2n) is 8.37. The van der Waals surface area contributed by atoms with E-state index < -0.39 is 5.54 Å². The SMILES string of the molecule is CC(C)(CO)n1cc(-c2cnc3ccn4c(C=O)c(-c5c(Cl)cccc5Cl)nc4c3c2)cn1. The summed E-state index contributed by atoms with van der Waals surface area (Å²) in [7, 11) is 0. The molecule has 0 aliphatic rings. The van der Waals surface area contributed by atoms with E-state index in [1.54, 1.807) is 45.9 Å². The number of hydrogen-bond donors (Lipinski definition) is 1. The summed E-state index contributed by atoms with van der Waals surface area (Å²) in [6.45, 7) is 3.76. The lowest BCUT2D eigenvalue weighted by molar-refractivity contribution is 0.111. The lowest BCUT2D eigenvalue weighted by atomic mass is 10.1. The Morgan fingerprint density at radius 1 is 1.12 bits per heavy atom. The van der Waals surface area contributed by atoms with Crippen molar-refractivity contribution < 1.29 is 9.90 Å². The summed E-state index contributed by atoms with van der Waals surface area (Å²) in [6, 6.07) is 8.96. The Labute approximate surface area is 199 Å². The Hall–Kier alpha value is -3.26. The first kappa shape index (κ1) is 21.6. The number of aldehydes is 1. The van der Waals surface area contributed by atoms with Crippen LogP contribution in [0.15, 0.2) is 55.1 Å². The molecule has 0 fully saturated rings. The van der Waals surface area contributed by atoms with E-state index in [-0.39, 0.29) is 6.61 Å². The number of aliphatic hydroxyl groups excluding tert-OH is 1. The number of rotatable bonds is 5. The van der Waals surface area contributed by atoms with Crippen LogP contribution in [0.3, 0.4) is 0 Å². The van der Waals surface area contributed by atoms with Crippen LogP contribution >= 0.6 is 23.2 Å². The van der Waals surface area contributed by atoms with E-state index in [0.29, 0.717) is 32.6 Å². The molecule has 0 atom stereocenters. The quantitative estimate of drug-likeness (QED) is 0.347. The first-order valence-corrected chi connectivity index (χ1v) is 11.0. The molecule has 33 heavy (non-hydrogen) atoms. The van der Waals surface area contributed by atoms with Gasteiger partial charge in [0.05, 0.1) is 33.9 Å². The van der Waals surface area contributed by atoms with Crippen molar-refractivity contribution in [1.82, 2.24) is 24.1 Å². The predicted molar refractivity (Wildman–Crippen MR) is 129 cm³/mol. The summed E-state index contributed by atoms with van der Waals surface area (Å²) >= 11 is 12.8. The van der Waals surface area contributed by atoms with E-state index in [1.807, 2.05) is 32.2 Å². The van der Waals surface area contributed by atoms with Crippen LogP contribution in [-0.2, 0) is 5.54 Å². The van der Waals surface area contributed by atoms with Crippen LogP contribution in [0.2, 0.25) is 10.0 Å². The number of imidazole rings is 1. The van der Waals surface area contributed by atoms with Gasteiger partial charge >= 0.3 is 0 Å². The third-order valence-electron chi connectivity index (χ3n) is 5.72. The molecule has 0 amide bonds. The van der Waals surface area contributed by atoms with Gasteiger partial charge in [-0.2, -0.15) is 5.10 Å². The number of carbonyl (C=O) groups is 1. The summed E-state index contributed by atoms with van der Waals surface area (Å²) in [4.78, 5) is 21.4. The maximum absolute atomic E-state index is 12.1. The number of pyridine rings is 2. The normalized spacial score (nSPS) is 12.0. The van der Waals surface area contributed by atoms with Crippen LogP contribution in [0.4, 0.5) is 0 Å². The zero-order chi connectivity index (χ0) is 23.3. The summed E-state index contributed by atoms with van der Waals surface area (Å²) in [6.07, 6.45) is 7.88. The fourth-order valence-electron chi connectivity index (χ4n) is 3.77. The molecule has 166 valence electrons. The Morgan fingerprint density at radius 2 is 1.88 bits per heavy atom. The average Bonchev–Trinajstić information content (AvgIpc) is 3.44. The minimum Gasteiger partial charge on any atom is -0.394 e. The topological polar surface area (TPSA) is 85.3 Å². The average molecular weight is 480 g/mol. The van der Waals surface area contributed by atoms with E-state index >= 15 is 0 Å². The van der Waals surface area contributed by atoms with Gasteiger partial charge in [0, 0.05) is 40.7 Å². The van der Waals surface area contributed by atoms with E-state index in [1.165, 1.54) is 0 Å². The highest BCUT2D eigenvalue weighted by Crippen LogP contribution is 2.37. The van der Waals surface area contributed by atoms with Gasteiger partial charge in [-0.25, -0.2) is 4.98 Å². The fourth-order valence-corrected chi connectivity index (χ4v) is 4.35. The molecular weight excluding hydrogens is 461 g/mol. The van der Waals surface area contributed by atoms with Crippen molar-refractivity contribution >= 4 is 46.0 Å². The van der Waals surface area contributed by atoms with Gasteiger partial charge in [0.15, 0.2) is 6.29 Å². The number of halogens is 2. The minimum atomic E-state index is -0.527. The van der Waals surface area contributed by atoms with E-state index in [9.17, 15) is 9.90 Å². The molecule has 0 saturated heterocycles. The molecule has 5 rings (SSSR count). The van der Waals surface area contributed by atoms with Crippen LogP contribution in [0.5, 0.6) is 0 Å². The van der Waals surface area contributed by atoms with Crippen molar-refractivity contribution in [3.63, 3.8) is 0 Å². The summed E-state index contributed by atoms with van der Waals surface area (Å²) in [5, 5.41) is 15.6. The van der Waals surface area contributed by atoms with Gasteiger partial charge in [-0.1, -0.05) is 29.3 Å². The summed E-state index contributed by atoms with van der Waals surface area (Å²) in [5.74, 6) is 0. The van der Waals surface area contributed by atoms with E-state index in [2.05, 4.69) is 10.1 Å². The van der Waals surface area contributed by atoms with Crippen molar-refractivity contribution in [1.29, 1.82) is 0 Å². The zero-order valence-corrected chi connectivity index (χ0v) is 19.3. The Kier molecular flexibility index (Phi) is 5.20. The number of aliphatic hydroxyl groups is 1. The van der Waals surface area contributed by atoms with Gasteiger partial charge in [-0.3, -0.25) is 18.9 Å². The largest absolute Gasteiger partial charge is 0.394 e. The van der Waals surface area contributed by atoms with Gasteiger partial charge in [0.25, 0.3) is 0 Å². The van der Waals surface area contributed by atoms with Crippen LogP contribution in [-0.4, -0.2) is 42.1 Å². The molecule has 4 aromatic heterocycles. The molecule has 0 unspecified atom stereocenters. The van der Waals surface area contributed by atoms with Gasteiger partial charge in [0.1, 0.15) is 17.0 Å². The molecule has 7 nitrogen and oxygen atoms in total. The second-order valence-corrected chi connectivity index (χ2v) is 9.18. The molecule has 9 heteroatoms. The van der Waals surface area contributed by atoms with Crippen LogP contribution in [0.1, 0.15) is 24.3 Å². The molecule has 0 radical (unpaired) electrons. The van der Waals surface area contributed by atoms with Crippen molar-refractivity contribution in [3.05, 3.63) is 70.9 Å². The summed E-state index contributed by atoms with van der Waals surface area (Å²) in [5.41, 5.74) is 3.73. The van der Waals surface area contributed by atoms with Crippen molar-refractivity contribution in [2.45, 2.75) is 19.4 Å². The molecule has 1 aromatic carbocycles. The predicted octanol–water partition coefficient (Wildman–Crippen LogP) is 5.26. The third kappa shape index (κ3) is 3.49. The number of nitrogens with zero attached hydrogens (tertiary/aromatic N) is 5. The van der Waals surface area contributed by atoms with E-state index in [0.717, 1.165) is 28.3 Å². The lowest BCUT2D eigenvalue weighted by Gasteiger charge is -2.22. The van der Waals surface area contributed by atoms with Crippen LogP contribution in [0.25, 0.3) is 38.9 Å². The molecule has 4 heterocycles. The van der Waals surface area contributed by atoms with Gasteiger partial charge in [-0.05, 0) is 38.1 Å². The minimum absolute atomic E-state index is 0.0410. The fraction of sp³-hybridized carbons (Fsp3) is 0.167. The first-order chi connectivity index (χ1) is 15.8. The third-order valence-corrected chi connectivity index (χ3v) is 6.35. The lowest BCUT2D eigenvalue weighted by Crippen LogP contribution is -2.30. The molecule has 5 aromatic rings. The Bertz CT molecular complexity index is 1520. The Balaban J connectivity index is 1.73. The van der Waals surface area contributed by atoms with Gasteiger partial charge in [0.2, 0.25) is 0 Å². The molecule has 0 saturated carbocycles. The Morgan fingerprint density at radius 3 is 2.58 bits per heavy atom. The maximum atomic E-state index is 12.1. The number of aromatic nitrogens is 5. The zero-order valence-electron chi connectivity index (χ0n) is 17.8. The highest BCUT2D eigenvalue weighted by molar-refractivity contribution is 6.39. The first-order valence-electron chi connectivity index (χ1n) is 10.2.